The molecule has 18 heavy (non-hydrogen) atoms. The Morgan fingerprint density at radius 2 is 2.00 bits per heavy atom. The van der Waals surface area contributed by atoms with Crippen LogP contribution in [0.2, 0.25) is 0 Å². The van der Waals surface area contributed by atoms with Gasteiger partial charge in [-0.2, -0.15) is 5.26 Å². The van der Waals surface area contributed by atoms with Crippen LogP contribution in [0.15, 0.2) is 24.3 Å². The Balaban J connectivity index is 1.96. The molecule has 0 saturated carbocycles. The van der Waals surface area contributed by atoms with E-state index in [1.165, 1.54) is 0 Å². The molecule has 2 bridgehead atoms. The monoisotopic (exact) mass is 261 g/mol. The van der Waals surface area contributed by atoms with Gasteiger partial charge in [-0.1, -0.05) is 12.1 Å². The number of benzene rings is 1. The highest BCUT2D eigenvalue weighted by molar-refractivity contribution is 7.86. The van der Waals surface area contributed by atoms with E-state index in [1.807, 2.05) is 6.07 Å². The van der Waals surface area contributed by atoms with Crippen molar-refractivity contribution in [2.45, 2.75) is 41.8 Å². The van der Waals surface area contributed by atoms with Crippen molar-refractivity contribution in [2.75, 3.05) is 0 Å². The van der Waals surface area contributed by atoms with Crippen LogP contribution in [0, 0.1) is 11.3 Å². The molecule has 3 nitrogen and oxygen atoms in total. The highest BCUT2D eigenvalue weighted by atomic mass is 32.2. The van der Waals surface area contributed by atoms with Gasteiger partial charge in [0.05, 0.1) is 17.2 Å². The number of hydrogen-bond donors (Lipinski definition) is 1. The second-order valence-corrected chi connectivity index (χ2v) is 7.27. The van der Waals surface area contributed by atoms with Gasteiger partial charge in [-0.15, -0.1) is 0 Å². The fourth-order valence-corrected chi connectivity index (χ4v) is 5.36. The number of aliphatic hydroxyl groups is 1. The van der Waals surface area contributed by atoms with E-state index >= 15 is 0 Å². The Kier molecular flexibility index (Phi) is 2.76. The summed E-state index contributed by atoms with van der Waals surface area (Å²) >= 11 is 0. The summed E-state index contributed by atoms with van der Waals surface area (Å²) < 4.78 is 12.0. The van der Waals surface area contributed by atoms with Gasteiger partial charge in [-0.25, -0.2) is 0 Å². The van der Waals surface area contributed by atoms with Crippen LogP contribution in [-0.2, 0) is 16.4 Å². The van der Waals surface area contributed by atoms with Gasteiger partial charge < -0.3 is 5.11 Å². The smallest absolute Gasteiger partial charge is 0.0991 e. The van der Waals surface area contributed by atoms with E-state index in [9.17, 15) is 9.32 Å². The van der Waals surface area contributed by atoms with Crippen molar-refractivity contribution in [3.8, 4) is 6.07 Å². The standard InChI is InChI=1S/C14H15NO2S/c15-9-10-2-1-3-11(6-10)14(16)7-12-4-5-13(8-14)18(12)17/h1-3,6,12-13,16H,4-5,7-8H2. The Morgan fingerprint density at radius 3 is 2.61 bits per heavy atom. The largest absolute Gasteiger partial charge is 0.385 e. The van der Waals surface area contributed by atoms with Gasteiger partial charge in [0, 0.05) is 21.3 Å². The van der Waals surface area contributed by atoms with E-state index in [4.69, 9.17) is 5.26 Å². The summed E-state index contributed by atoms with van der Waals surface area (Å²) in [7, 11) is -0.771. The lowest BCUT2D eigenvalue weighted by atomic mass is 9.85. The molecule has 0 aliphatic carbocycles. The zero-order valence-corrected chi connectivity index (χ0v) is 10.8. The fourth-order valence-electron chi connectivity index (χ4n) is 3.20. The first kappa shape index (κ1) is 11.9. The Hall–Kier alpha value is -1.18. The fraction of sp³-hybridized carbons (Fsp3) is 0.500. The molecule has 1 aromatic rings. The van der Waals surface area contributed by atoms with Gasteiger partial charge in [-0.3, -0.25) is 4.21 Å². The van der Waals surface area contributed by atoms with Crippen LogP contribution in [0.4, 0.5) is 0 Å². The second kappa shape index (κ2) is 4.18. The van der Waals surface area contributed by atoms with Crippen LogP contribution in [0.1, 0.15) is 36.8 Å². The third kappa shape index (κ3) is 1.79. The van der Waals surface area contributed by atoms with Crippen molar-refractivity contribution in [3.05, 3.63) is 35.4 Å². The molecular weight excluding hydrogens is 246 g/mol. The van der Waals surface area contributed by atoms with Crippen molar-refractivity contribution >= 4 is 10.8 Å². The van der Waals surface area contributed by atoms with E-state index in [0.29, 0.717) is 18.4 Å². The summed E-state index contributed by atoms with van der Waals surface area (Å²) in [4.78, 5) is 0. The molecule has 2 saturated heterocycles. The van der Waals surface area contributed by atoms with E-state index in [1.54, 1.807) is 18.2 Å². The summed E-state index contributed by atoms with van der Waals surface area (Å²) in [5, 5.41) is 20.0. The maximum absolute atomic E-state index is 12.0. The molecule has 1 aromatic carbocycles. The molecule has 0 amide bonds. The van der Waals surface area contributed by atoms with Gasteiger partial charge in [0.1, 0.15) is 0 Å². The predicted octanol–water partition coefficient (Wildman–Crippen LogP) is 1.82. The molecule has 4 heteroatoms. The minimum Gasteiger partial charge on any atom is -0.385 e. The predicted molar refractivity (Wildman–Crippen MR) is 69.2 cm³/mol. The molecule has 2 unspecified atom stereocenters. The first-order valence-electron chi connectivity index (χ1n) is 6.25. The lowest BCUT2D eigenvalue weighted by Crippen LogP contribution is -2.40. The number of nitriles is 1. The minimum atomic E-state index is -0.896. The van der Waals surface area contributed by atoms with Gasteiger partial charge in [0.2, 0.25) is 0 Å². The Morgan fingerprint density at radius 1 is 1.33 bits per heavy atom. The molecule has 2 atom stereocenters. The van der Waals surface area contributed by atoms with Crippen LogP contribution in [0.5, 0.6) is 0 Å². The number of nitrogens with zero attached hydrogens (tertiary/aromatic N) is 1. The first-order chi connectivity index (χ1) is 8.62. The maximum Gasteiger partial charge on any atom is 0.0991 e. The SMILES string of the molecule is N#Cc1cccc(C2(O)CC3CCC(C2)S3=O)c1. The lowest BCUT2D eigenvalue weighted by Gasteiger charge is -2.36. The lowest BCUT2D eigenvalue weighted by molar-refractivity contribution is 0.0184. The quantitative estimate of drug-likeness (QED) is 0.838. The number of hydrogen-bond acceptors (Lipinski definition) is 3. The molecule has 0 aromatic heterocycles. The van der Waals surface area contributed by atoms with Crippen LogP contribution in [0.3, 0.4) is 0 Å². The maximum atomic E-state index is 12.0. The van der Waals surface area contributed by atoms with Gasteiger partial charge in [0.25, 0.3) is 0 Å². The third-order valence-corrected chi connectivity index (χ3v) is 6.25. The summed E-state index contributed by atoms with van der Waals surface area (Å²) in [5.41, 5.74) is 0.474. The van der Waals surface area contributed by atoms with Crippen LogP contribution in [0.25, 0.3) is 0 Å². The summed E-state index contributed by atoms with van der Waals surface area (Å²) in [6.07, 6.45) is 3.03. The van der Waals surface area contributed by atoms with Gasteiger partial charge >= 0.3 is 0 Å². The average Bonchev–Trinajstić information content (AvgIpc) is 2.63. The van der Waals surface area contributed by atoms with Crippen molar-refractivity contribution in [3.63, 3.8) is 0 Å². The molecule has 2 aliphatic heterocycles. The topological polar surface area (TPSA) is 61.1 Å². The van der Waals surface area contributed by atoms with Crippen molar-refractivity contribution < 1.29 is 9.32 Å². The van der Waals surface area contributed by atoms with Crippen LogP contribution >= 0.6 is 0 Å². The van der Waals surface area contributed by atoms with Gasteiger partial charge in [0.15, 0.2) is 0 Å². The third-order valence-electron chi connectivity index (χ3n) is 4.13. The molecule has 2 fully saturated rings. The van der Waals surface area contributed by atoms with E-state index < -0.39 is 16.4 Å². The van der Waals surface area contributed by atoms with E-state index in [0.717, 1.165) is 18.4 Å². The second-order valence-electron chi connectivity index (χ2n) is 5.28. The number of fused-ring (bicyclic) bond motifs is 2. The van der Waals surface area contributed by atoms with Crippen molar-refractivity contribution in [1.82, 2.24) is 0 Å². The highest BCUT2D eigenvalue weighted by Gasteiger charge is 2.48. The summed E-state index contributed by atoms with van der Waals surface area (Å²) in [6, 6.07) is 9.27. The van der Waals surface area contributed by atoms with Crippen molar-refractivity contribution in [2.24, 2.45) is 0 Å². The molecule has 94 valence electrons. The zero-order chi connectivity index (χ0) is 12.8. The molecule has 3 rings (SSSR count). The average molecular weight is 261 g/mol. The molecule has 0 radical (unpaired) electrons. The van der Waals surface area contributed by atoms with E-state index in [-0.39, 0.29) is 10.5 Å². The normalized spacial score (nSPS) is 38.3. The molecule has 1 N–H and O–H groups in total. The number of rotatable bonds is 1. The van der Waals surface area contributed by atoms with Gasteiger partial charge in [-0.05, 0) is 43.4 Å². The zero-order valence-electron chi connectivity index (χ0n) is 10.0. The Labute approximate surface area is 109 Å². The first-order valence-corrected chi connectivity index (χ1v) is 7.52. The van der Waals surface area contributed by atoms with E-state index in [2.05, 4.69) is 6.07 Å². The van der Waals surface area contributed by atoms with Crippen LogP contribution < -0.4 is 0 Å². The summed E-state index contributed by atoms with van der Waals surface area (Å²) in [5.74, 6) is 0. The molecule has 2 aliphatic rings. The van der Waals surface area contributed by atoms with Crippen LogP contribution in [-0.4, -0.2) is 19.8 Å². The minimum absolute atomic E-state index is 0.125. The Bertz CT molecular complexity index is 533. The molecule has 2 heterocycles. The molecular formula is C14H15NO2S. The molecule has 0 spiro atoms. The summed E-state index contributed by atoms with van der Waals surface area (Å²) in [6.45, 7) is 0. The highest BCUT2D eigenvalue weighted by Crippen LogP contribution is 2.45. The van der Waals surface area contributed by atoms with Crippen molar-refractivity contribution in [1.29, 1.82) is 5.26 Å².